The minimum Gasteiger partial charge on any atom is -0.508 e. The minimum absolute atomic E-state index is 0.261. The number of ether oxygens (including phenoxy) is 2. The first-order valence-electron chi connectivity index (χ1n) is 7.95. The number of allylic oxidation sites excluding steroid dienone is 1. The Labute approximate surface area is 143 Å². The Bertz CT molecular complexity index is 700. The summed E-state index contributed by atoms with van der Waals surface area (Å²) in [5.41, 5.74) is 2.93. The number of phenols is 1. The highest BCUT2D eigenvalue weighted by Gasteiger charge is 2.09. The van der Waals surface area contributed by atoms with Crippen LogP contribution in [0, 0.1) is 5.92 Å². The maximum absolute atomic E-state index is 9.33. The Morgan fingerprint density at radius 3 is 1.88 bits per heavy atom. The van der Waals surface area contributed by atoms with Crippen LogP contribution in [0.3, 0.4) is 0 Å². The molecule has 0 aliphatic heterocycles. The molecule has 0 heterocycles. The third kappa shape index (κ3) is 4.66. The average Bonchev–Trinajstić information content (AvgIpc) is 2.58. The van der Waals surface area contributed by atoms with E-state index in [1.165, 1.54) is 0 Å². The topological polar surface area (TPSA) is 38.7 Å². The Hall–Kier alpha value is -2.68. The number of methoxy groups -OCH3 is 2. The van der Waals surface area contributed by atoms with Gasteiger partial charge in [-0.1, -0.05) is 50.3 Å². The summed E-state index contributed by atoms with van der Waals surface area (Å²) in [6, 6.07) is 11.0. The van der Waals surface area contributed by atoms with Crippen molar-refractivity contribution >= 4 is 18.2 Å². The van der Waals surface area contributed by atoms with Crippen molar-refractivity contribution in [3.05, 3.63) is 59.2 Å². The Kier molecular flexibility index (Phi) is 6.07. The van der Waals surface area contributed by atoms with E-state index in [1.807, 2.05) is 42.5 Å². The quantitative estimate of drug-likeness (QED) is 0.738. The van der Waals surface area contributed by atoms with E-state index in [2.05, 4.69) is 19.9 Å². The lowest BCUT2D eigenvalue weighted by Crippen LogP contribution is -1.94. The number of hydrogen-bond acceptors (Lipinski definition) is 3. The maximum atomic E-state index is 9.33. The number of benzene rings is 2. The standard InChI is InChI=1S/C21H24O3/c1-15(2)5-12-19-20(23-3)13-17(14-21(19)24-4)7-6-16-8-10-18(22)11-9-16/h5-15,22H,1-4H3/b7-6+,12-5?. The van der Waals surface area contributed by atoms with E-state index in [0.29, 0.717) is 5.92 Å². The van der Waals surface area contributed by atoms with Crippen LogP contribution in [-0.4, -0.2) is 19.3 Å². The summed E-state index contributed by atoms with van der Waals surface area (Å²) in [6.07, 6.45) is 8.13. The van der Waals surface area contributed by atoms with Crippen molar-refractivity contribution in [1.29, 1.82) is 0 Å². The van der Waals surface area contributed by atoms with E-state index in [4.69, 9.17) is 9.47 Å². The molecule has 0 aliphatic carbocycles. The molecule has 1 N–H and O–H groups in total. The summed E-state index contributed by atoms with van der Waals surface area (Å²) in [4.78, 5) is 0. The van der Waals surface area contributed by atoms with Crippen molar-refractivity contribution in [2.45, 2.75) is 13.8 Å². The largest absolute Gasteiger partial charge is 0.508 e. The summed E-state index contributed by atoms with van der Waals surface area (Å²) < 4.78 is 11.1. The van der Waals surface area contributed by atoms with E-state index >= 15 is 0 Å². The fourth-order valence-electron chi connectivity index (χ4n) is 2.29. The molecular formula is C21H24O3. The molecule has 0 spiro atoms. The summed E-state index contributed by atoms with van der Waals surface area (Å²) in [7, 11) is 3.32. The molecule has 24 heavy (non-hydrogen) atoms. The molecule has 0 aliphatic rings. The molecular weight excluding hydrogens is 300 g/mol. The zero-order chi connectivity index (χ0) is 17.5. The summed E-state index contributed by atoms with van der Waals surface area (Å²) in [5.74, 6) is 2.26. The third-order valence-corrected chi connectivity index (χ3v) is 3.58. The van der Waals surface area contributed by atoms with Gasteiger partial charge in [0.15, 0.2) is 0 Å². The summed E-state index contributed by atoms with van der Waals surface area (Å²) in [6.45, 7) is 4.26. The van der Waals surface area contributed by atoms with Gasteiger partial charge in [0.25, 0.3) is 0 Å². The van der Waals surface area contributed by atoms with Crippen molar-refractivity contribution in [1.82, 2.24) is 0 Å². The molecule has 0 atom stereocenters. The molecule has 2 aromatic rings. The van der Waals surface area contributed by atoms with Crippen LogP contribution in [0.15, 0.2) is 42.5 Å². The van der Waals surface area contributed by atoms with Crippen LogP contribution >= 0.6 is 0 Å². The predicted octanol–water partition coefficient (Wildman–Crippen LogP) is 5.25. The molecule has 2 aromatic carbocycles. The van der Waals surface area contributed by atoms with Crippen molar-refractivity contribution in [2.75, 3.05) is 14.2 Å². The van der Waals surface area contributed by atoms with Crippen molar-refractivity contribution in [2.24, 2.45) is 5.92 Å². The first kappa shape index (κ1) is 17.7. The molecule has 0 saturated heterocycles. The molecule has 2 rings (SSSR count). The summed E-state index contributed by atoms with van der Waals surface area (Å²) >= 11 is 0. The van der Waals surface area contributed by atoms with E-state index in [1.54, 1.807) is 26.4 Å². The molecule has 3 heteroatoms. The average molecular weight is 324 g/mol. The van der Waals surface area contributed by atoms with Crippen LogP contribution in [-0.2, 0) is 0 Å². The number of rotatable bonds is 6. The van der Waals surface area contributed by atoms with Gasteiger partial charge in [0, 0.05) is 0 Å². The maximum Gasteiger partial charge on any atom is 0.130 e. The zero-order valence-corrected chi connectivity index (χ0v) is 14.6. The molecule has 0 radical (unpaired) electrons. The summed E-state index contributed by atoms with van der Waals surface area (Å²) in [5, 5.41) is 9.33. The second-order valence-corrected chi connectivity index (χ2v) is 5.87. The van der Waals surface area contributed by atoms with Crippen molar-refractivity contribution in [3.8, 4) is 17.2 Å². The van der Waals surface area contributed by atoms with Gasteiger partial charge in [-0.2, -0.15) is 0 Å². The highest BCUT2D eigenvalue weighted by atomic mass is 16.5. The highest BCUT2D eigenvalue weighted by molar-refractivity contribution is 5.75. The first-order chi connectivity index (χ1) is 11.5. The van der Waals surface area contributed by atoms with Crippen LogP contribution in [0.25, 0.3) is 18.2 Å². The molecule has 0 unspecified atom stereocenters. The van der Waals surface area contributed by atoms with Crippen LogP contribution < -0.4 is 9.47 Å². The van der Waals surface area contributed by atoms with E-state index < -0.39 is 0 Å². The highest BCUT2D eigenvalue weighted by Crippen LogP contribution is 2.33. The molecule has 0 fully saturated rings. The van der Waals surface area contributed by atoms with Gasteiger partial charge in [-0.15, -0.1) is 0 Å². The molecule has 0 aromatic heterocycles. The smallest absolute Gasteiger partial charge is 0.130 e. The van der Waals surface area contributed by atoms with Crippen molar-refractivity contribution in [3.63, 3.8) is 0 Å². The number of phenolic OH excluding ortho intramolecular Hbond substituents is 1. The van der Waals surface area contributed by atoms with E-state index in [9.17, 15) is 5.11 Å². The minimum atomic E-state index is 0.261. The Balaban J connectivity index is 2.36. The fourth-order valence-corrected chi connectivity index (χ4v) is 2.29. The van der Waals surface area contributed by atoms with Crippen LogP contribution in [0.5, 0.6) is 17.2 Å². The number of hydrogen-bond donors (Lipinski definition) is 1. The fraction of sp³-hybridized carbons (Fsp3) is 0.238. The van der Waals surface area contributed by atoms with Gasteiger partial charge in [-0.25, -0.2) is 0 Å². The van der Waals surface area contributed by atoms with Gasteiger partial charge in [0.2, 0.25) is 0 Å². The molecule has 0 bridgehead atoms. The predicted molar refractivity (Wildman–Crippen MR) is 100 cm³/mol. The Morgan fingerprint density at radius 1 is 0.833 bits per heavy atom. The van der Waals surface area contributed by atoms with Gasteiger partial charge < -0.3 is 14.6 Å². The SMILES string of the molecule is COc1cc(/C=C/c2ccc(O)cc2)cc(OC)c1C=CC(C)C. The lowest BCUT2D eigenvalue weighted by atomic mass is 10.0. The van der Waals surface area contributed by atoms with Crippen LogP contribution in [0.4, 0.5) is 0 Å². The van der Waals surface area contributed by atoms with Gasteiger partial charge >= 0.3 is 0 Å². The van der Waals surface area contributed by atoms with Crippen LogP contribution in [0.1, 0.15) is 30.5 Å². The lowest BCUT2D eigenvalue weighted by Gasteiger charge is -2.12. The normalized spacial score (nSPS) is 11.5. The monoisotopic (exact) mass is 324 g/mol. The lowest BCUT2D eigenvalue weighted by molar-refractivity contribution is 0.392. The molecule has 3 nitrogen and oxygen atoms in total. The zero-order valence-electron chi connectivity index (χ0n) is 14.6. The van der Waals surface area contributed by atoms with E-state index in [0.717, 1.165) is 28.2 Å². The molecule has 0 amide bonds. The Morgan fingerprint density at radius 2 is 1.38 bits per heavy atom. The second-order valence-electron chi connectivity index (χ2n) is 5.87. The van der Waals surface area contributed by atoms with Gasteiger partial charge in [-0.3, -0.25) is 0 Å². The number of aromatic hydroxyl groups is 1. The second kappa shape index (κ2) is 8.25. The molecule has 0 saturated carbocycles. The third-order valence-electron chi connectivity index (χ3n) is 3.58. The molecule has 126 valence electrons. The van der Waals surface area contributed by atoms with Gasteiger partial charge in [0.1, 0.15) is 17.2 Å². The van der Waals surface area contributed by atoms with Gasteiger partial charge in [-0.05, 0) is 41.3 Å². The van der Waals surface area contributed by atoms with E-state index in [-0.39, 0.29) is 5.75 Å². The first-order valence-corrected chi connectivity index (χ1v) is 7.95. The van der Waals surface area contributed by atoms with Crippen molar-refractivity contribution < 1.29 is 14.6 Å². The van der Waals surface area contributed by atoms with Crippen LogP contribution in [0.2, 0.25) is 0 Å². The van der Waals surface area contributed by atoms with Gasteiger partial charge in [0.05, 0.1) is 19.8 Å².